The minimum absolute atomic E-state index is 0.0304. The summed E-state index contributed by atoms with van der Waals surface area (Å²) in [4.78, 5) is 10.6. The van der Waals surface area contributed by atoms with Gasteiger partial charge in [-0.05, 0) is 59.9 Å². The van der Waals surface area contributed by atoms with E-state index in [2.05, 4.69) is 157 Å². The van der Waals surface area contributed by atoms with Crippen LogP contribution in [0, 0.1) is 5.41 Å². The van der Waals surface area contributed by atoms with Crippen LogP contribution in [-0.4, -0.2) is 19.8 Å². The first-order valence-corrected chi connectivity index (χ1v) is 16.4. The van der Waals surface area contributed by atoms with Crippen molar-refractivity contribution in [3.8, 4) is 11.4 Å². The Morgan fingerprint density at radius 2 is 1.22 bits per heavy atom. The number of aliphatic imine (C=N–C) groups is 1. The third-order valence-electron chi connectivity index (χ3n) is 9.53. The van der Waals surface area contributed by atoms with Crippen LogP contribution in [0.15, 0.2) is 83.9 Å². The SMILES string of the molecule is CC1CC(C(C)(C)C)=Nc2c1n(-c1cc(-n3c4ccccc4c4nc(C(C)(C)C)ccc43)cc(C(C)(C)C)c1)c1ccccc21. The van der Waals surface area contributed by atoms with Crippen LogP contribution in [-0.2, 0) is 10.8 Å². The predicted molar refractivity (Wildman–Crippen MR) is 192 cm³/mol. The highest BCUT2D eigenvalue weighted by Crippen LogP contribution is 2.46. The van der Waals surface area contributed by atoms with Crippen LogP contribution in [0.3, 0.4) is 0 Å². The van der Waals surface area contributed by atoms with Gasteiger partial charge in [-0.1, -0.05) is 106 Å². The highest BCUT2D eigenvalue weighted by molar-refractivity contribution is 6.07. The van der Waals surface area contributed by atoms with Crippen LogP contribution in [0.2, 0.25) is 0 Å². The first-order chi connectivity index (χ1) is 21.1. The van der Waals surface area contributed by atoms with Crippen molar-refractivity contribution in [1.29, 1.82) is 0 Å². The van der Waals surface area contributed by atoms with E-state index in [1.165, 1.54) is 44.5 Å². The van der Waals surface area contributed by atoms with Gasteiger partial charge in [-0.2, -0.15) is 0 Å². The number of fused-ring (bicyclic) bond motifs is 6. The predicted octanol–water partition coefficient (Wildman–Crippen LogP) is 11.3. The molecule has 6 aromatic rings. The van der Waals surface area contributed by atoms with Gasteiger partial charge in [-0.3, -0.25) is 4.99 Å². The molecule has 0 aliphatic carbocycles. The smallest absolute Gasteiger partial charge is 0.0967 e. The number of hydrogen-bond acceptors (Lipinski definition) is 2. The second kappa shape index (κ2) is 9.91. The molecule has 0 saturated carbocycles. The van der Waals surface area contributed by atoms with Crippen LogP contribution in [0.1, 0.15) is 98.5 Å². The molecule has 0 spiro atoms. The molecule has 4 nitrogen and oxygen atoms in total. The summed E-state index contributed by atoms with van der Waals surface area (Å²) in [5.74, 6) is 0.342. The fourth-order valence-electron chi connectivity index (χ4n) is 6.94. The fraction of sp³-hybridized carbons (Fsp3) is 0.366. The third-order valence-corrected chi connectivity index (χ3v) is 9.53. The Balaban J connectivity index is 1.56. The molecular weight excluding hydrogens is 548 g/mol. The number of nitrogens with zero attached hydrogens (tertiary/aromatic N) is 4. The Labute approximate surface area is 267 Å². The van der Waals surface area contributed by atoms with E-state index >= 15 is 0 Å². The molecule has 0 radical (unpaired) electrons. The molecule has 0 saturated heterocycles. The maximum atomic E-state index is 5.38. The lowest BCUT2D eigenvalue weighted by Gasteiger charge is -2.29. The zero-order valence-corrected chi connectivity index (χ0v) is 28.6. The first kappa shape index (κ1) is 29.5. The molecule has 1 unspecified atom stereocenters. The molecule has 0 bridgehead atoms. The van der Waals surface area contributed by atoms with E-state index in [0.29, 0.717) is 5.92 Å². The number of hydrogen-bond donors (Lipinski definition) is 0. The molecule has 45 heavy (non-hydrogen) atoms. The summed E-state index contributed by atoms with van der Waals surface area (Å²) in [6, 6.07) is 29.1. The Morgan fingerprint density at radius 3 is 1.84 bits per heavy atom. The first-order valence-electron chi connectivity index (χ1n) is 16.4. The van der Waals surface area contributed by atoms with Gasteiger partial charge >= 0.3 is 0 Å². The van der Waals surface area contributed by atoms with E-state index < -0.39 is 0 Å². The van der Waals surface area contributed by atoms with Crippen molar-refractivity contribution < 1.29 is 0 Å². The Kier molecular flexibility index (Phi) is 6.50. The molecule has 4 heterocycles. The van der Waals surface area contributed by atoms with Gasteiger partial charge in [0.05, 0.1) is 33.4 Å². The van der Waals surface area contributed by atoms with Gasteiger partial charge in [-0.25, -0.2) is 4.98 Å². The van der Waals surface area contributed by atoms with E-state index in [4.69, 9.17) is 9.98 Å². The van der Waals surface area contributed by atoms with Gasteiger partial charge in [0.2, 0.25) is 0 Å². The molecule has 4 heteroatoms. The van der Waals surface area contributed by atoms with E-state index in [9.17, 15) is 0 Å². The van der Waals surface area contributed by atoms with Crippen molar-refractivity contribution in [1.82, 2.24) is 14.1 Å². The van der Waals surface area contributed by atoms with Crippen molar-refractivity contribution in [3.05, 3.63) is 95.8 Å². The Hall–Kier alpha value is -4.18. The quantitative estimate of drug-likeness (QED) is 0.196. The van der Waals surface area contributed by atoms with Gasteiger partial charge in [-0.15, -0.1) is 0 Å². The van der Waals surface area contributed by atoms with Crippen molar-refractivity contribution in [2.75, 3.05) is 0 Å². The van der Waals surface area contributed by atoms with Crippen LogP contribution in [0.4, 0.5) is 5.69 Å². The molecule has 0 N–H and O–H groups in total. The summed E-state index contributed by atoms with van der Waals surface area (Å²) in [6.07, 6.45) is 0.966. The highest BCUT2D eigenvalue weighted by atomic mass is 15.1. The summed E-state index contributed by atoms with van der Waals surface area (Å²) < 4.78 is 4.92. The van der Waals surface area contributed by atoms with E-state index in [1.54, 1.807) is 0 Å². The van der Waals surface area contributed by atoms with E-state index in [-0.39, 0.29) is 16.2 Å². The zero-order valence-electron chi connectivity index (χ0n) is 28.6. The van der Waals surface area contributed by atoms with Gasteiger partial charge in [0.15, 0.2) is 0 Å². The molecule has 3 aromatic heterocycles. The fourth-order valence-corrected chi connectivity index (χ4v) is 6.94. The molecule has 1 aliphatic heterocycles. The van der Waals surface area contributed by atoms with Crippen molar-refractivity contribution in [2.24, 2.45) is 10.4 Å². The molecule has 0 fully saturated rings. The standard InChI is InChI=1S/C41H46N4/c1-25-21-35(41(8,9)10)43-37-30-16-12-14-18-32(30)45(38(25)37)28-23-26(39(2,3)4)22-27(24-28)44-31-17-13-11-15-29(31)36-33(44)19-20-34(42-36)40(5,6)7/h11-20,22-25H,21H2,1-10H3. The molecular formula is C41H46N4. The average Bonchev–Trinajstić information content (AvgIpc) is 3.49. The van der Waals surface area contributed by atoms with Gasteiger partial charge in [0, 0.05) is 50.3 Å². The topological polar surface area (TPSA) is 35.1 Å². The van der Waals surface area contributed by atoms with Crippen LogP contribution >= 0.6 is 0 Å². The second-order valence-electron chi connectivity index (χ2n) is 16.2. The molecule has 1 atom stereocenters. The Bertz CT molecular complexity index is 2150. The summed E-state index contributed by atoms with van der Waals surface area (Å²) in [5, 5.41) is 2.40. The zero-order chi connectivity index (χ0) is 32.1. The third kappa shape index (κ3) is 4.81. The van der Waals surface area contributed by atoms with Crippen LogP contribution in [0.5, 0.6) is 0 Å². The monoisotopic (exact) mass is 594 g/mol. The molecule has 0 amide bonds. The van der Waals surface area contributed by atoms with Gasteiger partial charge in [0.1, 0.15) is 0 Å². The Morgan fingerprint density at radius 1 is 0.622 bits per heavy atom. The number of pyridine rings is 1. The van der Waals surface area contributed by atoms with Crippen molar-refractivity contribution in [2.45, 2.75) is 92.4 Å². The molecule has 7 rings (SSSR count). The van der Waals surface area contributed by atoms with Crippen molar-refractivity contribution in [3.63, 3.8) is 0 Å². The van der Waals surface area contributed by atoms with Crippen LogP contribution < -0.4 is 0 Å². The number of aromatic nitrogens is 3. The minimum Gasteiger partial charge on any atom is -0.311 e. The van der Waals surface area contributed by atoms with E-state index in [1.807, 2.05) is 0 Å². The highest BCUT2D eigenvalue weighted by Gasteiger charge is 2.32. The molecule has 3 aromatic carbocycles. The number of benzene rings is 3. The minimum atomic E-state index is -0.0482. The van der Waals surface area contributed by atoms with E-state index in [0.717, 1.165) is 34.5 Å². The average molecular weight is 595 g/mol. The summed E-state index contributed by atoms with van der Waals surface area (Å²) >= 11 is 0. The molecule has 230 valence electrons. The lowest BCUT2D eigenvalue weighted by atomic mass is 9.81. The largest absolute Gasteiger partial charge is 0.311 e. The lowest BCUT2D eigenvalue weighted by molar-refractivity contribution is 0.559. The summed E-state index contributed by atoms with van der Waals surface area (Å²) in [6.45, 7) is 22.9. The summed E-state index contributed by atoms with van der Waals surface area (Å²) in [5.41, 5.74) is 13.0. The number of rotatable bonds is 2. The molecule has 1 aliphatic rings. The second-order valence-corrected chi connectivity index (χ2v) is 16.2. The maximum absolute atomic E-state index is 5.38. The van der Waals surface area contributed by atoms with Gasteiger partial charge in [0.25, 0.3) is 0 Å². The van der Waals surface area contributed by atoms with Crippen LogP contribution in [0.25, 0.3) is 44.2 Å². The maximum Gasteiger partial charge on any atom is 0.0967 e. The number of para-hydroxylation sites is 2. The normalized spacial score (nSPS) is 16.0. The summed E-state index contributed by atoms with van der Waals surface area (Å²) in [7, 11) is 0. The van der Waals surface area contributed by atoms with Gasteiger partial charge < -0.3 is 9.13 Å². The van der Waals surface area contributed by atoms with Crippen molar-refractivity contribution >= 4 is 44.2 Å². The lowest BCUT2D eigenvalue weighted by Crippen LogP contribution is -2.25.